The van der Waals surface area contributed by atoms with E-state index in [0.717, 1.165) is 0 Å². The highest BCUT2D eigenvalue weighted by Gasteiger charge is 2.13. The third-order valence-electron chi connectivity index (χ3n) is 2.86. The fourth-order valence-corrected chi connectivity index (χ4v) is 2.01. The lowest BCUT2D eigenvalue weighted by atomic mass is 10.0. The molecule has 0 spiro atoms. The molecule has 7 nitrogen and oxygen atoms in total. The van der Waals surface area contributed by atoms with Gasteiger partial charge >= 0.3 is 5.76 Å². The largest absolute Gasteiger partial charge is 0.494 e. The smallest absolute Gasteiger partial charge is 0.417 e. The van der Waals surface area contributed by atoms with Crippen molar-refractivity contribution in [2.24, 2.45) is 0 Å². The Hall–Kier alpha value is -3.27. The van der Waals surface area contributed by atoms with E-state index in [-0.39, 0.29) is 11.1 Å². The van der Waals surface area contributed by atoms with E-state index in [9.17, 15) is 14.7 Å². The molecule has 20 heavy (non-hydrogen) atoms. The van der Waals surface area contributed by atoms with E-state index in [1.807, 2.05) is 6.07 Å². The van der Waals surface area contributed by atoms with Crippen LogP contribution >= 0.6 is 0 Å². The van der Waals surface area contributed by atoms with E-state index < -0.39 is 17.2 Å². The zero-order chi connectivity index (χ0) is 14.3. The van der Waals surface area contributed by atoms with Crippen molar-refractivity contribution in [2.75, 3.05) is 0 Å². The van der Waals surface area contributed by atoms with Gasteiger partial charge in [-0.05, 0) is 17.7 Å². The standard InChI is InChI=1S/C13H7N3O4/c14-5-8-7(4-11(17)16-12(8)18)6-1-2-10-9(3-6)15-13(19)20-10/h1-4H,(H,15,19)(H2,16,17,18). The average Bonchev–Trinajstić information content (AvgIpc) is 2.76. The molecule has 0 saturated heterocycles. The first-order chi connectivity index (χ1) is 9.58. The van der Waals surface area contributed by atoms with Crippen LogP contribution in [0.1, 0.15) is 5.56 Å². The molecular weight excluding hydrogens is 262 g/mol. The summed E-state index contributed by atoms with van der Waals surface area (Å²) in [5.41, 5.74) is 1.01. The van der Waals surface area contributed by atoms with Gasteiger partial charge in [0.2, 0.25) is 5.88 Å². The number of nitriles is 1. The van der Waals surface area contributed by atoms with E-state index in [0.29, 0.717) is 16.7 Å². The molecule has 0 amide bonds. The molecule has 2 heterocycles. The molecule has 0 atom stereocenters. The number of rotatable bonds is 1. The Bertz CT molecular complexity index is 972. The molecule has 0 aliphatic carbocycles. The van der Waals surface area contributed by atoms with Crippen LogP contribution in [0.5, 0.6) is 5.88 Å². The molecular formula is C13H7N3O4. The predicted molar refractivity (Wildman–Crippen MR) is 69.3 cm³/mol. The lowest BCUT2D eigenvalue weighted by molar-refractivity contribution is 0.450. The molecule has 0 unspecified atom stereocenters. The molecule has 0 bridgehead atoms. The number of hydrogen-bond donors (Lipinski definition) is 3. The molecule has 0 aliphatic rings. The minimum absolute atomic E-state index is 0.0465. The van der Waals surface area contributed by atoms with Gasteiger partial charge in [-0.15, -0.1) is 0 Å². The van der Waals surface area contributed by atoms with Crippen LogP contribution in [-0.4, -0.2) is 15.1 Å². The van der Waals surface area contributed by atoms with Gasteiger partial charge in [-0.25, -0.2) is 4.79 Å². The summed E-state index contributed by atoms with van der Waals surface area (Å²) >= 11 is 0. The highest BCUT2D eigenvalue weighted by molar-refractivity contribution is 5.82. The maximum Gasteiger partial charge on any atom is 0.417 e. The van der Waals surface area contributed by atoms with Crippen LogP contribution in [-0.2, 0) is 0 Å². The number of benzene rings is 1. The second-order valence-electron chi connectivity index (χ2n) is 4.11. The van der Waals surface area contributed by atoms with Gasteiger partial charge in [0.05, 0.1) is 5.52 Å². The SMILES string of the molecule is N#Cc1c(-c2ccc3oc(=O)[nH]c3c2)cc(=O)[nH]c1O. The molecule has 3 aromatic rings. The van der Waals surface area contributed by atoms with Crippen molar-refractivity contribution in [2.45, 2.75) is 0 Å². The van der Waals surface area contributed by atoms with E-state index in [4.69, 9.17) is 9.68 Å². The number of nitrogens with zero attached hydrogens (tertiary/aromatic N) is 1. The first-order valence-electron chi connectivity index (χ1n) is 5.58. The van der Waals surface area contributed by atoms with E-state index in [1.54, 1.807) is 18.2 Å². The fourth-order valence-electron chi connectivity index (χ4n) is 2.01. The number of aromatic hydroxyl groups is 1. The van der Waals surface area contributed by atoms with Gasteiger partial charge < -0.3 is 9.52 Å². The van der Waals surface area contributed by atoms with Crippen LogP contribution in [0.3, 0.4) is 0 Å². The van der Waals surface area contributed by atoms with Gasteiger partial charge in [-0.2, -0.15) is 5.26 Å². The Morgan fingerprint density at radius 3 is 2.75 bits per heavy atom. The fraction of sp³-hybridized carbons (Fsp3) is 0. The molecule has 7 heteroatoms. The molecule has 3 N–H and O–H groups in total. The van der Waals surface area contributed by atoms with Crippen molar-refractivity contribution in [1.82, 2.24) is 9.97 Å². The summed E-state index contributed by atoms with van der Waals surface area (Å²) in [5.74, 6) is -1.08. The van der Waals surface area contributed by atoms with Crippen molar-refractivity contribution in [1.29, 1.82) is 5.26 Å². The summed E-state index contributed by atoms with van der Waals surface area (Å²) in [7, 11) is 0. The Morgan fingerprint density at radius 2 is 2.00 bits per heavy atom. The van der Waals surface area contributed by atoms with E-state index in [2.05, 4.69) is 9.97 Å². The maximum absolute atomic E-state index is 11.4. The summed E-state index contributed by atoms with van der Waals surface area (Å²) in [6.45, 7) is 0. The molecule has 98 valence electrons. The molecule has 3 rings (SSSR count). The number of hydrogen-bond acceptors (Lipinski definition) is 5. The number of nitrogens with one attached hydrogen (secondary N) is 2. The van der Waals surface area contributed by atoms with Gasteiger partial charge in [0.1, 0.15) is 11.6 Å². The van der Waals surface area contributed by atoms with Crippen LogP contribution in [0, 0.1) is 11.3 Å². The quantitative estimate of drug-likeness (QED) is 0.609. The third-order valence-corrected chi connectivity index (χ3v) is 2.86. The molecule has 0 fully saturated rings. The van der Waals surface area contributed by atoms with Crippen LogP contribution in [0.25, 0.3) is 22.2 Å². The monoisotopic (exact) mass is 269 g/mol. The molecule has 0 radical (unpaired) electrons. The topological polar surface area (TPSA) is 123 Å². The van der Waals surface area contributed by atoms with Crippen LogP contribution in [0.4, 0.5) is 0 Å². The highest BCUT2D eigenvalue weighted by atomic mass is 16.4. The summed E-state index contributed by atoms with van der Waals surface area (Å²) in [4.78, 5) is 27.1. The van der Waals surface area contributed by atoms with Crippen molar-refractivity contribution >= 4 is 11.1 Å². The number of pyridine rings is 1. The second-order valence-corrected chi connectivity index (χ2v) is 4.11. The summed E-state index contributed by atoms with van der Waals surface area (Å²) in [5, 5.41) is 18.7. The van der Waals surface area contributed by atoms with Gasteiger partial charge in [0.15, 0.2) is 5.58 Å². The zero-order valence-corrected chi connectivity index (χ0v) is 9.93. The second kappa shape index (κ2) is 4.13. The lowest BCUT2D eigenvalue weighted by Gasteiger charge is -2.05. The van der Waals surface area contributed by atoms with Crippen molar-refractivity contribution in [3.63, 3.8) is 0 Å². The van der Waals surface area contributed by atoms with Crippen LogP contribution in [0.15, 0.2) is 38.3 Å². The van der Waals surface area contributed by atoms with Crippen molar-refractivity contribution in [3.05, 3.63) is 50.7 Å². The van der Waals surface area contributed by atoms with Crippen LogP contribution in [0.2, 0.25) is 0 Å². The van der Waals surface area contributed by atoms with Crippen LogP contribution < -0.4 is 11.3 Å². The first kappa shape index (κ1) is 11.8. The Morgan fingerprint density at radius 1 is 1.20 bits per heavy atom. The maximum atomic E-state index is 11.4. The van der Waals surface area contributed by atoms with Gasteiger partial charge in [-0.1, -0.05) is 6.07 Å². The molecule has 1 aromatic carbocycles. The Labute approximate surface area is 110 Å². The number of aromatic nitrogens is 2. The number of oxazole rings is 1. The highest BCUT2D eigenvalue weighted by Crippen LogP contribution is 2.28. The van der Waals surface area contributed by atoms with E-state index >= 15 is 0 Å². The average molecular weight is 269 g/mol. The summed E-state index contributed by atoms with van der Waals surface area (Å²) in [6.07, 6.45) is 0. The van der Waals surface area contributed by atoms with Gasteiger partial charge in [-0.3, -0.25) is 14.8 Å². The summed E-state index contributed by atoms with van der Waals surface area (Å²) in [6, 6.07) is 7.73. The molecule has 2 aromatic heterocycles. The van der Waals surface area contributed by atoms with Crippen molar-refractivity contribution < 1.29 is 9.52 Å². The minimum atomic E-state index is -0.591. The number of H-pyrrole nitrogens is 2. The number of aromatic amines is 2. The Balaban J connectivity index is 2.33. The minimum Gasteiger partial charge on any atom is -0.494 e. The number of fused-ring (bicyclic) bond motifs is 1. The normalized spacial score (nSPS) is 10.6. The molecule has 0 aliphatic heterocycles. The third kappa shape index (κ3) is 1.76. The van der Waals surface area contributed by atoms with Gasteiger partial charge in [0, 0.05) is 11.6 Å². The first-order valence-corrected chi connectivity index (χ1v) is 5.58. The predicted octanol–water partition coefficient (Wildman–Crippen LogP) is 1.05. The molecule has 0 saturated carbocycles. The zero-order valence-electron chi connectivity index (χ0n) is 9.93. The van der Waals surface area contributed by atoms with Crippen molar-refractivity contribution in [3.8, 4) is 23.1 Å². The summed E-state index contributed by atoms with van der Waals surface area (Å²) < 4.78 is 4.87. The Kier molecular flexibility index (Phi) is 2.44. The van der Waals surface area contributed by atoms with E-state index in [1.165, 1.54) is 6.07 Å². The van der Waals surface area contributed by atoms with Gasteiger partial charge in [0.25, 0.3) is 5.56 Å². The lowest BCUT2D eigenvalue weighted by Crippen LogP contribution is -2.06.